The van der Waals surface area contributed by atoms with Gasteiger partial charge in [-0.2, -0.15) is 0 Å². The van der Waals surface area contributed by atoms with Crippen molar-refractivity contribution in [3.63, 3.8) is 0 Å². The van der Waals surface area contributed by atoms with Crippen LogP contribution >= 0.6 is 11.6 Å². The summed E-state index contributed by atoms with van der Waals surface area (Å²) in [5, 5.41) is 10.8. The number of aryl methyl sites for hydroxylation is 1. The van der Waals surface area contributed by atoms with E-state index in [4.69, 9.17) is 20.8 Å². The van der Waals surface area contributed by atoms with E-state index in [1.165, 1.54) is 6.26 Å². The summed E-state index contributed by atoms with van der Waals surface area (Å²) in [4.78, 5) is 25.7. The van der Waals surface area contributed by atoms with Crippen molar-refractivity contribution in [3.05, 3.63) is 34.8 Å². The Balaban J connectivity index is 2.24. The van der Waals surface area contributed by atoms with Crippen LogP contribution in [-0.2, 0) is 9.53 Å². The van der Waals surface area contributed by atoms with Gasteiger partial charge in [-0.15, -0.1) is 11.6 Å². The van der Waals surface area contributed by atoms with Gasteiger partial charge in [-0.25, -0.2) is 4.79 Å². The van der Waals surface area contributed by atoms with Crippen molar-refractivity contribution in [2.24, 2.45) is 11.3 Å². The molecule has 0 radical (unpaired) electrons. The molecule has 142 valence electrons. The van der Waals surface area contributed by atoms with E-state index in [2.05, 4.69) is 0 Å². The maximum absolute atomic E-state index is 13.2. The second-order valence-electron chi connectivity index (χ2n) is 7.74. The van der Waals surface area contributed by atoms with E-state index < -0.39 is 34.2 Å². The number of ether oxygens (including phenoxy) is 1. The Hall–Kier alpha value is -1.59. The summed E-state index contributed by atoms with van der Waals surface area (Å²) < 4.78 is 11.3. The highest BCUT2D eigenvalue weighted by molar-refractivity contribution is 6.25. The standard InChI is InChI=1S/C20H25ClO5/c1-6-10(2)18(23)26-17-14-11(3)9-25-15(14)16(22)20(24)13(21)8-7-12(4)19(17,20)5/h6,9,12-13,17,24H,7-8H2,1-5H3/t12-,13-,17+,19-,20-/m0/s1. The van der Waals surface area contributed by atoms with Crippen molar-refractivity contribution in [2.45, 2.75) is 64.5 Å². The number of furan rings is 1. The molecule has 2 aliphatic rings. The molecule has 6 heteroatoms. The Morgan fingerprint density at radius 3 is 2.73 bits per heavy atom. The van der Waals surface area contributed by atoms with Gasteiger partial charge >= 0.3 is 5.97 Å². The molecule has 0 aromatic carbocycles. The minimum Gasteiger partial charge on any atom is -0.460 e. The van der Waals surface area contributed by atoms with Gasteiger partial charge in [0.1, 0.15) is 6.10 Å². The largest absolute Gasteiger partial charge is 0.460 e. The van der Waals surface area contributed by atoms with Gasteiger partial charge in [0.15, 0.2) is 11.4 Å². The van der Waals surface area contributed by atoms with Crippen LogP contribution in [0.3, 0.4) is 0 Å². The predicted octanol–water partition coefficient (Wildman–Crippen LogP) is 4.11. The summed E-state index contributed by atoms with van der Waals surface area (Å²) >= 11 is 6.48. The fourth-order valence-corrected chi connectivity index (χ4v) is 4.85. The van der Waals surface area contributed by atoms with E-state index in [1.54, 1.807) is 33.8 Å². The van der Waals surface area contributed by atoms with Crippen LogP contribution in [0.5, 0.6) is 0 Å². The fourth-order valence-electron chi connectivity index (χ4n) is 4.39. The Labute approximate surface area is 158 Å². The molecule has 0 aliphatic heterocycles. The van der Waals surface area contributed by atoms with Crippen LogP contribution in [0.25, 0.3) is 0 Å². The number of fused-ring (bicyclic) bond motifs is 2. The highest BCUT2D eigenvalue weighted by Crippen LogP contribution is 2.62. The van der Waals surface area contributed by atoms with Crippen molar-refractivity contribution in [2.75, 3.05) is 0 Å². The van der Waals surface area contributed by atoms with Crippen LogP contribution in [0.15, 0.2) is 22.3 Å². The first kappa shape index (κ1) is 19.2. The molecule has 0 saturated heterocycles. The average molecular weight is 381 g/mol. The first-order valence-electron chi connectivity index (χ1n) is 8.93. The number of Topliss-reactive ketones (excluding diaryl/α,β-unsaturated/α-hetero) is 1. The molecule has 1 N–H and O–H groups in total. The van der Waals surface area contributed by atoms with Gasteiger partial charge in [0.05, 0.1) is 11.6 Å². The van der Waals surface area contributed by atoms with Crippen molar-refractivity contribution >= 4 is 23.4 Å². The average Bonchev–Trinajstić information content (AvgIpc) is 3.00. The number of hydrogen-bond acceptors (Lipinski definition) is 5. The fraction of sp³-hybridized carbons (Fsp3) is 0.600. The van der Waals surface area contributed by atoms with Crippen LogP contribution in [0.2, 0.25) is 0 Å². The zero-order valence-corrected chi connectivity index (χ0v) is 16.5. The van der Waals surface area contributed by atoms with Gasteiger partial charge in [-0.05, 0) is 45.1 Å². The number of hydrogen-bond donors (Lipinski definition) is 1. The summed E-state index contributed by atoms with van der Waals surface area (Å²) in [7, 11) is 0. The van der Waals surface area contributed by atoms with Gasteiger partial charge in [0.25, 0.3) is 0 Å². The molecule has 0 unspecified atom stereocenters. The summed E-state index contributed by atoms with van der Waals surface area (Å²) in [6, 6.07) is 0. The SMILES string of the molecule is CC=C(C)C(=O)O[C@@H]1c2c(C)coc2C(=O)[C@@]2(O)[C@@H](Cl)CC[C@H](C)[C@@]12C. The Bertz CT molecular complexity index is 794. The van der Waals surface area contributed by atoms with Crippen LogP contribution in [-0.4, -0.2) is 27.8 Å². The summed E-state index contributed by atoms with van der Waals surface area (Å²) in [5.74, 6) is -1.05. The lowest BCUT2D eigenvalue weighted by Gasteiger charge is -2.57. The van der Waals surface area contributed by atoms with Crippen LogP contribution < -0.4 is 0 Å². The molecular weight excluding hydrogens is 356 g/mol. The molecule has 2 aliphatic carbocycles. The van der Waals surface area contributed by atoms with Crippen LogP contribution in [0.1, 0.15) is 68.3 Å². The topological polar surface area (TPSA) is 76.7 Å². The van der Waals surface area contributed by atoms with Gasteiger partial charge in [0.2, 0.25) is 5.78 Å². The zero-order chi connectivity index (χ0) is 19.4. The number of aliphatic hydroxyl groups is 1. The van der Waals surface area contributed by atoms with E-state index in [0.29, 0.717) is 17.6 Å². The maximum Gasteiger partial charge on any atom is 0.334 e. The number of ketones is 1. The molecule has 1 heterocycles. The van der Waals surface area contributed by atoms with Gasteiger partial charge in [-0.1, -0.05) is 19.9 Å². The molecule has 0 amide bonds. The minimum absolute atomic E-state index is 0.0400. The smallest absolute Gasteiger partial charge is 0.334 e. The quantitative estimate of drug-likeness (QED) is 0.474. The van der Waals surface area contributed by atoms with Crippen molar-refractivity contribution < 1.29 is 23.8 Å². The normalized spacial score (nSPS) is 37.1. The third kappa shape index (κ3) is 2.26. The minimum atomic E-state index is -1.86. The maximum atomic E-state index is 13.2. The zero-order valence-electron chi connectivity index (χ0n) is 15.8. The van der Waals surface area contributed by atoms with Crippen molar-refractivity contribution in [3.8, 4) is 0 Å². The molecule has 1 aromatic heterocycles. The number of halogens is 1. The molecule has 26 heavy (non-hydrogen) atoms. The molecular formula is C20H25ClO5. The molecule has 1 aromatic rings. The molecule has 0 spiro atoms. The predicted molar refractivity (Wildman–Crippen MR) is 97.1 cm³/mol. The van der Waals surface area contributed by atoms with E-state index in [0.717, 1.165) is 12.0 Å². The number of carbonyl (C=O) groups is 2. The number of carbonyl (C=O) groups excluding carboxylic acids is 2. The molecule has 3 rings (SSSR count). The Kier molecular flexibility index (Phi) is 4.60. The third-order valence-corrected chi connectivity index (χ3v) is 7.05. The molecule has 0 bridgehead atoms. The summed E-state index contributed by atoms with van der Waals surface area (Å²) in [5.41, 5.74) is -1.20. The first-order chi connectivity index (χ1) is 12.1. The molecule has 5 nitrogen and oxygen atoms in total. The molecule has 5 atom stereocenters. The van der Waals surface area contributed by atoms with Gasteiger partial charge < -0.3 is 14.3 Å². The third-order valence-electron chi connectivity index (χ3n) is 6.51. The van der Waals surface area contributed by atoms with E-state index in [1.807, 2.05) is 6.92 Å². The number of esters is 1. The number of alkyl halides is 1. The highest BCUT2D eigenvalue weighted by atomic mass is 35.5. The highest BCUT2D eigenvalue weighted by Gasteiger charge is 2.70. The monoisotopic (exact) mass is 380 g/mol. The number of allylic oxidation sites excluding steroid dienone is 1. The Morgan fingerprint density at radius 2 is 2.12 bits per heavy atom. The summed E-state index contributed by atoms with van der Waals surface area (Å²) in [6.07, 6.45) is 3.54. The van der Waals surface area contributed by atoms with E-state index in [9.17, 15) is 14.7 Å². The second-order valence-corrected chi connectivity index (χ2v) is 8.27. The van der Waals surface area contributed by atoms with Crippen LogP contribution in [0.4, 0.5) is 0 Å². The second kappa shape index (κ2) is 6.24. The lowest BCUT2D eigenvalue weighted by atomic mass is 9.51. The van der Waals surface area contributed by atoms with E-state index >= 15 is 0 Å². The summed E-state index contributed by atoms with van der Waals surface area (Å²) in [6.45, 7) is 8.99. The van der Waals surface area contributed by atoms with Crippen molar-refractivity contribution in [1.29, 1.82) is 0 Å². The van der Waals surface area contributed by atoms with Crippen LogP contribution in [0, 0.1) is 18.3 Å². The Morgan fingerprint density at radius 1 is 1.46 bits per heavy atom. The molecule has 1 fully saturated rings. The number of rotatable bonds is 2. The molecule has 1 saturated carbocycles. The van der Waals surface area contributed by atoms with E-state index in [-0.39, 0.29) is 11.7 Å². The lowest BCUT2D eigenvalue weighted by molar-refractivity contribution is -0.189. The van der Waals surface area contributed by atoms with Gasteiger partial charge in [0, 0.05) is 16.6 Å². The van der Waals surface area contributed by atoms with Gasteiger partial charge in [-0.3, -0.25) is 4.79 Å². The lowest BCUT2D eigenvalue weighted by Crippen LogP contribution is -2.68. The van der Waals surface area contributed by atoms with Crippen molar-refractivity contribution in [1.82, 2.24) is 0 Å². The first-order valence-corrected chi connectivity index (χ1v) is 9.37.